The molecule has 1 unspecified atom stereocenters. The molecule has 0 radical (unpaired) electrons. The van der Waals surface area contributed by atoms with Crippen molar-refractivity contribution in [2.24, 2.45) is 5.73 Å². The number of nitrogens with two attached hydrogens (primary N) is 1. The molecule has 120 valence electrons. The maximum atomic E-state index is 11.7. The Balaban J connectivity index is 0.000000541. The lowest BCUT2D eigenvalue weighted by atomic mass is 10.1. The van der Waals surface area contributed by atoms with Gasteiger partial charge in [0.25, 0.3) is 5.97 Å². The fourth-order valence-electron chi connectivity index (χ4n) is 1.94. The quantitative estimate of drug-likeness (QED) is 0.750. The van der Waals surface area contributed by atoms with Gasteiger partial charge in [0.15, 0.2) is 0 Å². The number of carboxylic acid groups (broad SMARTS) is 1. The highest BCUT2D eigenvalue weighted by Crippen LogP contribution is 2.18. The van der Waals surface area contributed by atoms with Crippen molar-refractivity contribution in [1.29, 1.82) is 0 Å². The molecule has 6 heteroatoms. The summed E-state index contributed by atoms with van der Waals surface area (Å²) in [5, 5.41) is 8.52. The van der Waals surface area contributed by atoms with Crippen LogP contribution in [0.5, 0.6) is 0 Å². The van der Waals surface area contributed by atoms with E-state index in [1.165, 1.54) is 0 Å². The van der Waals surface area contributed by atoms with Crippen molar-refractivity contribution in [3.63, 3.8) is 0 Å². The lowest BCUT2D eigenvalue weighted by molar-refractivity contribution is -0.149. The number of aromatic amines is 1. The molecule has 4 N–H and O–H groups in total. The van der Waals surface area contributed by atoms with Gasteiger partial charge in [0, 0.05) is 30.4 Å². The fraction of sp³-hybridized carbons (Fsp3) is 0.375. The van der Waals surface area contributed by atoms with Crippen LogP contribution in [0.15, 0.2) is 30.5 Å². The standard InChI is InChI=1S/C14H18N2O2.C2H4O2/c1-9(2)18-14(17)12(15)7-10-8-16-13-6-4-3-5-11(10)13;1-2(3)4/h3-6,8-9,12,16H,7,15H2,1-2H3;1H3,(H,3,4). The molecule has 1 aromatic heterocycles. The Kier molecular flexibility index (Phi) is 6.59. The van der Waals surface area contributed by atoms with Crippen molar-refractivity contribution in [3.05, 3.63) is 36.0 Å². The molecule has 0 aliphatic carbocycles. The van der Waals surface area contributed by atoms with Crippen molar-refractivity contribution in [3.8, 4) is 0 Å². The van der Waals surface area contributed by atoms with E-state index in [-0.39, 0.29) is 12.1 Å². The highest BCUT2D eigenvalue weighted by Gasteiger charge is 2.18. The summed E-state index contributed by atoms with van der Waals surface area (Å²) in [5.41, 5.74) is 7.95. The maximum absolute atomic E-state index is 11.7. The van der Waals surface area contributed by atoms with Gasteiger partial charge in [0.2, 0.25) is 0 Å². The normalized spacial score (nSPS) is 11.7. The number of carboxylic acids is 1. The Hall–Kier alpha value is -2.34. The van der Waals surface area contributed by atoms with Crippen LogP contribution in [0.2, 0.25) is 0 Å². The number of ether oxygens (including phenoxy) is 1. The number of hydrogen-bond acceptors (Lipinski definition) is 4. The Labute approximate surface area is 129 Å². The second kappa shape index (κ2) is 8.19. The molecule has 22 heavy (non-hydrogen) atoms. The molecule has 0 saturated carbocycles. The van der Waals surface area contributed by atoms with Crippen LogP contribution >= 0.6 is 0 Å². The Morgan fingerprint density at radius 2 is 1.91 bits per heavy atom. The van der Waals surface area contributed by atoms with Gasteiger partial charge in [-0.05, 0) is 25.5 Å². The topological polar surface area (TPSA) is 105 Å². The van der Waals surface area contributed by atoms with E-state index in [9.17, 15) is 4.79 Å². The SMILES string of the molecule is CC(=O)O.CC(C)OC(=O)C(N)Cc1c[nH]c2ccccc12. The zero-order valence-corrected chi connectivity index (χ0v) is 13.0. The largest absolute Gasteiger partial charge is 0.481 e. The third kappa shape index (κ3) is 5.57. The van der Waals surface area contributed by atoms with Crippen LogP contribution in [0.25, 0.3) is 10.9 Å². The first-order valence-corrected chi connectivity index (χ1v) is 7.01. The molecule has 0 bridgehead atoms. The lowest BCUT2D eigenvalue weighted by Gasteiger charge is -2.13. The summed E-state index contributed by atoms with van der Waals surface area (Å²) in [7, 11) is 0. The molecule has 0 fully saturated rings. The number of esters is 1. The Morgan fingerprint density at radius 3 is 2.50 bits per heavy atom. The van der Waals surface area contributed by atoms with E-state index in [4.69, 9.17) is 20.4 Å². The first-order valence-electron chi connectivity index (χ1n) is 7.01. The number of H-pyrrole nitrogens is 1. The van der Waals surface area contributed by atoms with Crippen LogP contribution < -0.4 is 5.73 Å². The van der Waals surface area contributed by atoms with Crippen molar-refractivity contribution >= 4 is 22.8 Å². The summed E-state index contributed by atoms with van der Waals surface area (Å²) >= 11 is 0. The minimum Gasteiger partial charge on any atom is -0.481 e. The van der Waals surface area contributed by atoms with Crippen LogP contribution in [-0.2, 0) is 20.7 Å². The highest BCUT2D eigenvalue weighted by atomic mass is 16.5. The van der Waals surface area contributed by atoms with E-state index in [2.05, 4.69) is 4.98 Å². The molecule has 1 atom stereocenters. The van der Waals surface area contributed by atoms with E-state index in [1.807, 2.05) is 44.3 Å². The lowest BCUT2D eigenvalue weighted by Crippen LogP contribution is -2.35. The molecule has 0 amide bonds. The summed E-state index contributed by atoms with van der Waals surface area (Å²) in [6, 6.07) is 7.33. The summed E-state index contributed by atoms with van der Waals surface area (Å²) in [4.78, 5) is 23.8. The van der Waals surface area contributed by atoms with E-state index in [0.717, 1.165) is 23.4 Å². The number of para-hydroxylation sites is 1. The number of benzene rings is 1. The van der Waals surface area contributed by atoms with E-state index >= 15 is 0 Å². The zero-order valence-electron chi connectivity index (χ0n) is 13.0. The third-order valence-corrected chi connectivity index (χ3v) is 2.77. The molecule has 6 nitrogen and oxygen atoms in total. The number of carbonyl (C=O) groups excluding carboxylic acids is 1. The fourth-order valence-corrected chi connectivity index (χ4v) is 1.94. The Bertz CT molecular complexity index is 630. The van der Waals surface area contributed by atoms with Gasteiger partial charge in [0.1, 0.15) is 6.04 Å². The molecular weight excluding hydrogens is 284 g/mol. The number of nitrogens with one attached hydrogen (secondary N) is 1. The second-order valence-corrected chi connectivity index (χ2v) is 5.17. The molecule has 2 rings (SSSR count). The third-order valence-electron chi connectivity index (χ3n) is 2.77. The van der Waals surface area contributed by atoms with Crippen molar-refractivity contribution in [1.82, 2.24) is 4.98 Å². The average Bonchev–Trinajstić information content (AvgIpc) is 2.81. The molecule has 0 saturated heterocycles. The first-order chi connectivity index (χ1) is 10.3. The predicted molar refractivity (Wildman–Crippen MR) is 84.5 cm³/mol. The number of aliphatic carboxylic acids is 1. The van der Waals surface area contributed by atoms with Crippen LogP contribution in [0.3, 0.4) is 0 Å². The van der Waals surface area contributed by atoms with Gasteiger partial charge < -0.3 is 20.6 Å². The monoisotopic (exact) mass is 306 g/mol. The second-order valence-electron chi connectivity index (χ2n) is 5.17. The predicted octanol–water partition coefficient (Wildman–Crippen LogP) is 2.08. The van der Waals surface area contributed by atoms with Gasteiger partial charge in [-0.1, -0.05) is 18.2 Å². The molecule has 0 spiro atoms. The van der Waals surface area contributed by atoms with Crippen LogP contribution in [0, 0.1) is 0 Å². The molecule has 0 aliphatic heterocycles. The number of rotatable bonds is 4. The number of carbonyl (C=O) groups is 2. The summed E-state index contributed by atoms with van der Waals surface area (Å²) in [6.07, 6.45) is 2.24. The highest BCUT2D eigenvalue weighted by molar-refractivity contribution is 5.84. The van der Waals surface area contributed by atoms with Crippen molar-refractivity contribution < 1.29 is 19.4 Å². The number of hydrogen-bond donors (Lipinski definition) is 3. The smallest absolute Gasteiger partial charge is 0.323 e. The average molecular weight is 306 g/mol. The van der Waals surface area contributed by atoms with Gasteiger partial charge in [-0.2, -0.15) is 0 Å². The van der Waals surface area contributed by atoms with E-state index in [1.54, 1.807) is 0 Å². The summed E-state index contributed by atoms with van der Waals surface area (Å²) in [6.45, 7) is 4.71. The molecule has 0 aliphatic rings. The van der Waals surface area contributed by atoms with Gasteiger partial charge in [-0.3, -0.25) is 9.59 Å². The summed E-state index contributed by atoms with van der Waals surface area (Å²) < 4.78 is 5.10. The Morgan fingerprint density at radius 1 is 1.32 bits per heavy atom. The van der Waals surface area contributed by atoms with Crippen molar-refractivity contribution in [2.45, 2.75) is 39.3 Å². The maximum Gasteiger partial charge on any atom is 0.323 e. The minimum atomic E-state index is -0.833. The van der Waals surface area contributed by atoms with Gasteiger partial charge >= 0.3 is 5.97 Å². The molecule has 1 heterocycles. The van der Waals surface area contributed by atoms with Gasteiger partial charge in [0.05, 0.1) is 6.10 Å². The number of fused-ring (bicyclic) bond motifs is 1. The van der Waals surface area contributed by atoms with E-state index in [0.29, 0.717) is 6.42 Å². The van der Waals surface area contributed by atoms with E-state index < -0.39 is 12.0 Å². The van der Waals surface area contributed by atoms with Crippen LogP contribution in [0.4, 0.5) is 0 Å². The molecule has 2 aromatic rings. The van der Waals surface area contributed by atoms with Crippen LogP contribution in [-0.4, -0.2) is 34.2 Å². The van der Waals surface area contributed by atoms with Gasteiger partial charge in [-0.15, -0.1) is 0 Å². The number of aromatic nitrogens is 1. The summed E-state index contributed by atoms with van der Waals surface area (Å²) in [5.74, 6) is -1.18. The van der Waals surface area contributed by atoms with Crippen molar-refractivity contribution in [2.75, 3.05) is 0 Å². The minimum absolute atomic E-state index is 0.133. The molecule has 1 aromatic carbocycles. The molecular formula is C16H22N2O4. The van der Waals surface area contributed by atoms with Crippen LogP contribution in [0.1, 0.15) is 26.3 Å². The first kappa shape index (κ1) is 17.7. The zero-order chi connectivity index (χ0) is 16.7. The van der Waals surface area contributed by atoms with Gasteiger partial charge in [-0.25, -0.2) is 0 Å².